The summed E-state index contributed by atoms with van der Waals surface area (Å²) >= 11 is 6.26. The number of rotatable bonds is 3. The van der Waals surface area contributed by atoms with Crippen LogP contribution in [0.4, 0.5) is 4.79 Å². The molecule has 0 aliphatic carbocycles. The summed E-state index contributed by atoms with van der Waals surface area (Å²) in [5.41, 5.74) is 1.88. The van der Waals surface area contributed by atoms with Gasteiger partial charge in [0.1, 0.15) is 6.10 Å². The molecule has 6 heteroatoms. The Morgan fingerprint density at radius 3 is 2.96 bits per heavy atom. The Labute approximate surface area is 146 Å². The maximum absolute atomic E-state index is 12.5. The van der Waals surface area contributed by atoms with Gasteiger partial charge in [-0.05, 0) is 24.6 Å². The first-order valence-corrected chi connectivity index (χ1v) is 8.32. The van der Waals surface area contributed by atoms with E-state index < -0.39 is 0 Å². The van der Waals surface area contributed by atoms with Gasteiger partial charge in [-0.15, -0.1) is 0 Å². The standard InChI is InChI=1S/C18H20ClN3O2/c1-13-12-24-17(15-6-2-3-7-16(15)19)11-22(13)18(23)21-10-14-5-4-8-20-9-14/h2-9,13,17H,10-12H2,1H3,(H,21,23)/t13-,17-/m0/s1. The number of nitrogens with one attached hydrogen (secondary N) is 1. The average molecular weight is 346 g/mol. The highest BCUT2D eigenvalue weighted by Gasteiger charge is 2.31. The van der Waals surface area contributed by atoms with Gasteiger partial charge in [-0.1, -0.05) is 35.9 Å². The second-order valence-electron chi connectivity index (χ2n) is 5.86. The zero-order chi connectivity index (χ0) is 16.9. The van der Waals surface area contributed by atoms with Crippen LogP contribution in [0.15, 0.2) is 48.8 Å². The number of carbonyl (C=O) groups excluding carboxylic acids is 1. The van der Waals surface area contributed by atoms with Crippen LogP contribution in [0, 0.1) is 0 Å². The molecule has 1 aromatic heterocycles. The first-order chi connectivity index (χ1) is 11.6. The van der Waals surface area contributed by atoms with E-state index in [1.807, 2.05) is 43.3 Å². The number of morpholine rings is 1. The molecular formula is C18H20ClN3O2. The van der Waals surface area contributed by atoms with Gasteiger partial charge in [0.15, 0.2) is 0 Å². The lowest BCUT2D eigenvalue weighted by Crippen LogP contribution is -2.51. The van der Waals surface area contributed by atoms with Crippen LogP contribution in [0.3, 0.4) is 0 Å². The predicted octanol–water partition coefficient (Wildman–Crippen LogP) is 3.41. The number of hydrogen-bond donors (Lipinski definition) is 1. The van der Waals surface area contributed by atoms with E-state index in [1.54, 1.807) is 17.3 Å². The topological polar surface area (TPSA) is 54.5 Å². The number of nitrogens with zero attached hydrogens (tertiary/aromatic N) is 2. The van der Waals surface area contributed by atoms with Crippen molar-refractivity contribution in [3.05, 3.63) is 64.9 Å². The number of benzene rings is 1. The van der Waals surface area contributed by atoms with Crippen LogP contribution >= 0.6 is 11.6 Å². The van der Waals surface area contributed by atoms with Crippen LogP contribution in [0.1, 0.15) is 24.2 Å². The first-order valence-electron chi connectivity index (χ1n) is 7.94. The number of urea groups is 1. The summed E-state index contributed by atoms with van der Waals surface area (Å²) < 4.78 is 5.88. The lowest BCUT2D eigenvalue weighted by molar-refractivity contribution is -0.0427. The lowest BCUT2D eigenvalue weighted by atomic mass is 10.1. The molecule has 0 radical (unpaired) electrons. The summed E-state index contributed by atoms with van der Waals surface area (Å²) in [6, 6.07) is 11.3. The Bertz CT molecular complexity index is 696. The van der Waals surface area contributed by atoms with Gasteiger partial charge in [0.2, 0.25) is 0 Å². The van der Waals surface area contributed by atoms with Crippen molar-refractivity contribution in [3.63, 3.8) is 0 Å². The zero-order valence-corrected chi connectivity index (χ0v) is 14.2. The van der Waals surface area contributed by atoms with Crippen LogP contribution in [0.25, 0.3) is 0 Å². The second kappa shape index (κ2) is 7.64. The fraction of sp³-hybridized carbons (Fsp3) is 0.333. The third kappa shape index (κ3) is 3.86. The summed E-state index contributed by atoms with van der Waals surface area (Å²) in [5.74, 6) is 0. The van der Waals surface area contributed by atoms with E-state index in [9.17, 15) is 4.79 Å². The van der Waals surface area contributed by atoms with E-state index in [0.29, 0.717) is 24.7 Å². The molecule has 2 heterocycles. The van der Waals surface area contributed by atoms with E-state index in [1.165, 1.54) is 0 Å². The van der Waals surface area contributed by atoms with Gasteiger partial charge < -0.3 is 15.0 Å². The minimum atomic E-state index is -0.209. The molecule has 1 N–H and O–H groups in total. The third-order valence-electron chi connectivity index (χ3n) is 4.11. The maximum Gasteiger partial charge on any atom is 0.318 e. The summed E-state index contributed by atoms with van der Waals surface area (Å²) in [5, 5.41) is 3.60. The van der Waals surface area contributed by atoms with Gasteiger partial charge in [-0.25, -0.2) is 4.79 Å². The Hall–Kier alpha value is -2.11. The summed E-state index contributed by atoms with van der Waals surface area (Å²) in [7, 11) is 0. The predicted molar refractivity (Wildman–Crippen MR) is 92.8 cm³/mol. The normalized spacial score (nSPS) is 20.7. The van der Waals surface area contributed by atoms with Crippen LogP contribution in [-0.2, 0) is 11.3 Å². The van der Waals surface area contributed by atoms with Crippen LogP contribution in [0.5, 0.6) is 0 Å². The second-order valence-corrected chi connectivity index (χ2v) is 6.27. The van der Waals surface area contributed by atoms with Crippen molar-refractivity contribution in [1.82, 2.24) is 15.2 Å². The van der Waals surface area contributed by atoms with E-state index in [-0.39, 0.29) is 18.2 Å². The Kier molecular flexibility index (Phi) is 5.33. The molecule has 24 heavy (non-hydrogen) atoms. The number of ether oxygens (including phenoxy) is 1. The summed E-state index contributed by atoms with van der Waals surface area (Å²) in [6.45, 7) is 3.39. The number of hydrogen-bond acceptors (Lipinski definition) is 3. The minimum absolute atomic E-state index is 0.0117. The van der Waals surface area contributed by atoms with E-state index >= 15 is 0 Å². The molecule has 1 aliphatic heterocycles. The molecule has 5 nitrogen and oxygen atoms in total. The lowest BCUT2D eigenvalue weighted by Gasteiger charge is -2.38. The van der Waals surface area contributed by atoms with Gasteiger partial charge in [0, 0.05) is 29.5 Å². The molecule has 0 bridgehead atoms. The molecule has 0 spiro atoms. The van der Waals surface area contributed by atoms with Crippen molar-refractivity contribution < 1.29 is 9.53 Å². The van der Waals surface area contributed by atoms with Gasteiger partial charge in [0.25, 0.3) is 0 Å². The van der Waals surface area contributed by atoms with Gasteiger partial charge in [-0.3, -0.25) is 4.98 Å². The van der Waals surface area contributed by atoms with E-state index in [0.717, 1.165) is 11.1 Å². The number of carbonyl (C=O) groups is 1. The molecule has 0 unspecified atom stereocenters. The first kappa shape index (κ1) is 16.7. The maximum atomic E-state index is 12.5. The highest BCUT2D eigenvalue weighted by molar-refractivity contribution is 6.31. The van der Waals surface area contributed by atoms with Gasteiger partial charge in [-0.2, -0.15) is 0 Å². The van der Waals surface area contributed by atoms with Gasteiger partial charge >= 0.3 is 6.03 Å². The van der Waals surface area contributed by atoms with Crippen molar-refractivity contribution in [2.75, 3.05) is 13.2 Å². The Morgan fingerprint density at radius 1 is 1.38 bits per heavy atom. The molecule has 1 aromatic carbocycles. The summed E-state index contributed by atoms with van der Waals surface area (Å²) in [6.07, 6.45) is 3.25. The summed E-state index contributed by atoms with van der Waals surface area (Å²) in [4.78, 5) is 18.4. The third-order valence-corrected chi connectivity index (χ3v) is 4.46. The SMILES string of the molecule is C[C@H]1CO[C@H](c2ccccc2Cl)CN1C(=O)NCc1cccnc1. The highest BCUT2D eigenvalue weighted by atomic mass is 35.5. The van der Waals surface area contributed by atoms with E-state index in [2.05, 4.69) is 10.3 Å². The van der Waals surface area contributed by atoms with Crippen molar-refractivity contribution in [2.24, 2.45) is 0 Å². The smallest absolute Gasteiger partial charge is 0.318 e. The quantitative estimate of drug-likeness (QED) is 0.927. The number of halogens is 1. The molecule has 1 saturated heterocycles. The molecule has 2 amide bonds. The molecule has 0 saturated carbocycles. The molecular weight excluding hydrogens is 326 g/mol. The largest absolute Gasteiger partial charge is 0.369 e. The Balaban J connectivity index is 1.65. The van der Waals surface area contributed by atoms with Crippen molar-refractivity contribution in [1.29, 1.82) is 0 Å². The number of aromatic nitrogens is 1. The number of amides is 2. The van der Waals surface area contributed by atoms with E-state index in [4.69, 9.17) is 16.3 Å². The fourth-order valence-electron chi connectivity index (χ4n) is 2.75. The fourth-order valence-corrected chi connectivity index (χ4v) is 3.00. The van der Waals surface area contributed by atoms with Crippen molar-refractivity contribution in [2.45, 2.75) is 25.6 Å². The highest BCUT2D eigenvalue weighted by Crippen LogP contribution is 2.29. The molecule has 2 aromatic rings. The zero-order valence-electron chi connectivity index (χ0n) is 13.5. The van der Waals surface area contributed by atoms with Gasteiger partial charge in [0.05, 0.1) is 19.2 Å². The van der Waals surface area contributed by atoms with Crippen LogP contribution < -0.4 is 5.32 Å². The Morgan fingerprint density at radius 2 is 2.21 bits per heavy atom. The monoisotopic (exact) mass is 345 g/mol. The molecule has 1 fully saturated rings. The van der Waals surface area contributed by atoms with Crippen molar-refractivity contribution >= 4 is 17.6 Å². The molecule has 2 atom stereocenters. The van der Waals surface area contributed by atoms with Crippen LogP contribution in [0.2, 0.25) is 5.02 Å². The number of pyridine rings is 1. The minimum Gasteiger partial charge on any atom is -0.369 e. The molecule has 3 rings (SSSR count). The average Bonchev–Trinajstić information content (AvgIpc) is 2.61. The van der Waals surface area contributed by atoms with Crippen LogP contribution in [-0.4, -0.2) is 35.1 Å². The molecule has 1 aliphatic rings. The van der Waals surface area contributed by atoms with Crippen molar-refractivity contribution in [3.8, 4) is 0 Å². The molecule has 126 valence electrons.